The van der Waals surface area contributed by atoms with Gasteiger partial charge < -0.3 is 9.88 Å². The molecule has 0 saturated heterocycles. The van der Waals surface area contributed by atoms with Crippen LogP contribution in [0, 0.1) is 12.8 Å². The van der Waals surface area contributed by atoms with E-state index in [1.54, 1.807) is 12.3 Å². The van der Waals surface area contributed by atoms with Crippen molar-refractivity contribution in [3.8, 4) is 0 Å². The summed E-state index contributed by atoms with van der Waals surface area (Å²) >= 11 is 0. The second kappa shape index (κ2) is 6.73. The lowest BCUT2D eigenvalue weighted by atomic mass is 9.99. The Labute approximate surface area is 142 Å². The molecule has 2 amide bonds. The third-order valence-electron chi connectivity index (χ3n) is 4.09. The molecule has 1 aliphatic rings. The van der Waals surface area contributed by atoms with Crippen LogP contribution < -0.4 is 10.6 Å². The number of carbonyl (C=O) groups excluding carboxylic acids is 1. The largest absolute Gasteiger partial charge is 0.434 e. The van der Waals surface area contributed by atoms with E-state index in [9.17, 15) is 18.0 Å². The minimum atomic E-state index is -4.43. The van der Waals surface area contributed by atoms with Crippen LogP contribution in [0.2, 0.25) is 0 Å². The fraction of sp³-hybridized carbons (Fsp3) is 0.438. The van der Waals surface area contributed by atoms with Gasteiger partial charge in [0.25, 0.3) is 0 Å². The maximum Gasteiger partial charge on any atom is 0.434 e. The van der Waals surface area contributed by atoms with E-state index in [0.717, 1.165) is 11.8 Å². The molecular formula is C16H18F3N5O. The second-order valence-electron chi connectivity index (χ2n) is 6.15. The van der Waals surface area contributed by atoms with Crippen LogP contribution in [0.25, 0.3) is 0 Å². The van der Waals surface area contributed by atoms with Crippen molar-refractivity contribution < 1.29 is 18.0 Å². The number of aromatic nitrogens is 3. The molecular weight excluding hydrogens is 335 g/mol. The molecule has 0 saturated carbocycles. The van der Waals surface area contributed by atoms with Crippen molar-refractivity contribution in [1.82, 2.24) is 19.9 Å². The van der Waals surface area contributed by atoms with Gasteiger partial charge in [0.05, 0.1) is 0 Å². The van der Waals surface area contributed by atoms with Crippen molar-refractivity contribution in [3.63, 3.8) is 0 Å². The molecule has 9 heteroatoms. The predicted octanol–water partition coefficient (Wildman–Crippen LogP) is 2.99. The highest BCUT2D eigenvalue weighted by molar-refractivity contribution is 5.88. The second-order valence-corrected chi connectivity index (χ2v) is 6.15. The molecule has 1 atom stereocenters. The monoisotopic (exact) mass is 353 g/mol. The summed E-state index contributed by atoms with van der Waals surface area (Å²) in [6.07, 6.45) is -0.650. The Balaban J connectivity index is 1.53. The molecule has 0 bridgehead atoms. The highest BCUT2D eigenvalue weighted by Gasteiger charge is 2.35. The molecule has 134 valence electrons. The fourth-order valence-electron chi connectivity index (χ4n) is 2.82. The zero-order chi connectivity index (χ0) is 18.0. The summed E-state index contributed by atoms with van der Waals surface area (Å²) in [5.74, 6) is 0.948. The average Bonchev–Trinajstić information content (AvgIpc) is 2.96. The molecule has 3 heterocycles. The lowest BCUT2D eigenvalue weighted by Gasteiger charge is -2.23. The third kappa shape index (κ3) is 4.28. The number of hydrogen-bond donors (Lipinski definition) is 2. The molecule has 0 radical (unpaired) electrons. The number of pyridine rings is 1. The number of alkyl halides is 3. The molecule has 2 aromatic heterocycles. The van der Waals surface area contributed by atoms with Gasteiger partial charge in [-0.1, -0.05) is 0 Å². The highest BCUT2D eigenvalue weighted by atomic mass is 19.4. The molecule has 6 nitrogen and oxygen atoms in total. The van der Waals surface area contributed by atoms with Crippen molar-refractivity contribution in [3.05, 3.63) is 41.6 Å². The number of rotatable bonds is 3. The number of aryl methyl sites for hydroxylation is 2. The SMILES string of the molecule is Cc1ccnc(NC(=O)NCC2CCc3nc(C(F)(F)F)cn3C2)c1. The van der Waals surface area contributed by atoms with Crippen LogP contribution in [0.5, 0.6) is 0 Å². The van der Waals surface area contributed by atoms with E-state index in [-0.39, 0.29) is 11.9 Å². The van der Waals surface area contributed by atoms with Crippen LogP contribution in [0.3, 0.4) is 0 Å². The number of urea groups is 1. The van der Waals surface area contributed by atoms with Gasteiger partial charge in [-0.25, -0.2) is 14.8 Å². The number of imidazole rings is 1. The number of carbonyl (C=O) groups is 1. The smallest absolute Gasteiger partial charge is 0.337 e. The summed E-state index contributed by atoms with van der Waals surface area (Å²) < 4.78 is 39.7. The minimum Gasteiger partial charge on any atom is -0.337 e. The van der Waals surface area contributed by atoms with E-state index in [0.29, 0.717) is 37.6 Å². The first kappa shape index (κ1) is 17.2. The van der Waals surface area contributed by atoms with Crippen molar-refractivity contribution in [2.24, 2.45) is 5.92 Å². The summed E-state index contributed by atoms with van der Waals surface area (Å²) in [7, 11) is 0. The number of anilines is 1. The van der Waals surface area contributed by atoms with Crippen molar-refractivity contribution in [1.29, 1.82) is 0 Å². The van der Waals surface area contributed by atoms with Crippen LogP contribution in [-0.2, 0) is 19.1 Å². The number of hydrogen-bond acceptors (Lipinski definition) is 3. The summed E-state index contributed by atoms with van der Waals surface area (Å²) in [6.45, 7) is 2.67. The molecule has 2 aromatic rings. The minimum absolute atomic E-state index is 0.0546. The molecule has 0 aliphatic carbocycles. The van der Waals surface area contributed by atoms with Gasteiger partial charge >= 0.3 is 12.2 Å². The molecule has 0 spiro atoms. The first-order valence-electron chi connectivity index (χ1n) is 7.92. The molecule has 0 fully saturated rings. The van der Waals surface area contributed by atoms with Gasteiger partial charge in [-0.05, 0) is 37.0 Å². The number of fused-ring (bicyclic) bond motifs is 1. The normalized spacial score (nSPS) is 17.0. The van der Waals surface area contributed by atoms with Gasteiger partial charge in [0.15, 0.2) is 5.69 Å². The summed E-state index contributed by atoms with van der Waals surface area (Å²) in [6, 6.07) is 3.19. The first-order chi connectivity index (χ1) is 11.8. The van der Waals surface area contributed by atoms with Crippen LogP contribution in [0.15, 0.2) is 24.5 Å². The lowest BCUT2D eigenvalue weighted by Crippen LogP contribution is -2.36. The average molecular weight is 353 g/mol. The van der Waals surface area contributed by atoms with Gasteiger partial charge in [0, 0.05) is 31.9 Å². The Morgan fingerprint density at radius 3 is 2.96 bits per heavy atom. The Morgan fingerprint density at radius 1 is 1.44 bits per heavy atom. The lowest BCUT2D eigenvalue weighted by molar-refractivity contribution is -0.141. The zero-order valence-electron chi connectivity index (χ0n) is 13.6. The molecule has 1 unspecified atom stereocenters. The molecule has 3 rings (SSSR count). The van der Waals surface area contributed by atoms with Gasteiger partial charge in [0.2, 0.25) is 0 Å². The number of nitrogens with zero attached hydrogens (tertiary/aromatic N) is 3. The molecule has 1 aliphatic heterocycles. The Bertz CT molecular complexity index is 771. The Morgan fingerprint density at radius 2 is 2.24 bits per heavy atom. The van der Waals surface area contributed by atoms with Gasteiger partial charge in [-0.2, -0.15) is 13.2 Å². The molecule has 2 N–H and O–H groups in total. The number of halogens is 3. The van der Waals surface area contributed by atoms with Crippen LogP contribution >= 0.6 is 0 Å². The van der Waals surface area contributed by atoms with E-state index >= 15 is 0 Å². The quantitative estimate of drug-likeness (QED) is 0.891. The van der Waals surface area contributed by atoms with Crippen molar-refractivity contribution in [2.75, 3.05) is 11.9 Å². The number of nitrogens with one attached hydrogen (secondary N) is 2. The summed E-state index contributed by atoms with van der Waals surface area (Å²) in [4.78, 5) is 19.6. The van der Waals surface area contributed by atoms with E-state index in [1.807, 2.05) is 13.0 Å². The molecule has 25 heavy (non-hydrogen) atoms. The summed E-state index contributed by atoms with van der Waals surface area (Å²) in [5, 5.41) is 5.38. The van der Waals surface area contributed by atoms with E-state index in [2.05, 4.69) is 20.6 Å². The first-order valence-corrected chi connectivity index (χ1v) is 7.92. The number of amides is 2. The summed E-state index contributed by atoms with van der Waals surface area (Å²) in [5.41, 5.74) is 0.116. The van der Waals surface area contributed by atoms with Crippen molar-refractivity contribution >= 4 is 11.8 Å². The maximum atomic E-state index is 12.7. The van der Waals surface area contributed by atoms with E-state index in [1.165, 1.54) is 4.57 Å². The maximum absolute atomic E-state index is 12.7. The van der Waals surface area contributed by atoms with Gasteiger partial charge in [-0.15, -0.1) is 0 Å². The van der Waals surface area contributed by atoms with E-state index < -0.39 is 11.9 Å². The molecule has 0 aromatic carbocycles. The van der Waals surface area contributed by atoms with Crippen LogP contribution in [0.1, 0.15) is 23.5 Å². The zero-order valence-corrected chi connectivity index (χ0v) is 13.6. The third-order valence-corrected chi connectivity index (χ3v) is 4.09. The highest BCUT2D eigenvalue weighted by Crippen LogP contribution is 2.30. The fourth-order valence-corrected chi connectivity index (χ4v) is 2.82. The Hall–Kier alpha value is -2.58. The predicted molar refractivity (Wildman–Crippen MR) is 85.0 cm³/mol. The Kier molecular flexibility index (Phi) is 4.65. The van der Waals surface area contributed by atoms with E-state index in [4.69, 9.17) is 0 Å². The van der Waals surface area contributed by atoms with Crippen molar-refractivity contribution in [2.45, 2.75) is 32.5 Å². The van der Waals surface area contributed by atoms with Crippen LogP contribution in [-0.4, -0.2) is 27.1 Å². The topological polar surface area (TPSA) is 71.8 Å². The van der Waals surface area contributed by atoms with Gasteiger partial charge in [0.1, 0.15) is 11.6 Å². The van der Waals surface area contributed by atoms with Crippen LogP contribution in [0.4, 0.5) is 23.8 Å². The standard InChI is InChI=1S/C16H18F3N5O/c1-10-4-5-20-13(6-10)23-15(25)21-7-11-2-3-14-22-12(16(17,18)19)9-24(14)8-11/h4-6,9,11H,2-3,7-8H2,1H3,(H2,20,21,23,25). The van der Waals surface area contributed by atoms with Gasteiger partial charge in [-0.3, -0.25) is 5.32 Å².